The minimum absolute atomic E-state index is 0.129. The Kier molecular flexibility index (Phi) is 4.79. The maximum atomic E-state index is 12.8. The van der Waals surface area contributed by atoms with Gasteiger partial charge in [-0.25, -0.2) is 9.78 Å². The Morgan fingerprint density at radius 2 is 1.93 bits per heavy atom. The van der Waals surface area contributed by atoms with Crippen molar-refractivity contribution in [3.8, 4) is 0 Å². The number of aromatic amines is 2. The van der Waals surface area contributed by atoms with Gasteiger partial charge in [-0.05, 0) is 32.5 Å². The number of pyridine rings is 1. The summed E-state index contributed by atoms with van der Waals surface area (Å²) in [5.41, 5.74) is -0.594. The Hall–Kier alpha value is -2.52. The number of hydrogen-bond donors (Lipinski definition) is 2. The number of nitrogens with zero attached hydrogens (tertiary/aromatic N) is 4. The molecule has 9 nitrogen and oxygen atoms in total. The van der Waals surface area contributed by atoms with Gasteiger partial charge >= 0.3 is 5.69 Å². The van der Waals surface area contributed by atoms with E-state index in [1.807, 2.05) is 4.90 Å². The number of rotatable bonds is 2. The largest absolute Gasteiger partial charge is 0.336 e. The molecule has 4 rings (SSSR count). The van der Waals surface area contributed by atoms with Crippen LogP contribution < -0.4 is 11.2 Å². The average Bonchev–Trinajstić information content (AvgIpc) is 2.67. The van der Waals surface area contributed by atoms with E-state index in [4.69, 9.17) is 0 Å². The van der Waals surface area contributed by atoms with Gasteiger partial charge in [-0.15, -0.1) is 0 Å². The number of amides is 1. The molecule has 2 fully saturated rings. The SMILES string of the molecule is CN1CCCC(N2CCN(C(=O)c3cnc4[nH]c(=O)[nH]c(=O)c4c3)CC2)C1. The summed E-state index contributed by atoms with van der Waals surface area (Å²) >= 11 is 0. The molecule has 9 heteroatoms. The second kappa shape index (κ2) is 7.24. The van der Waals surface area contributed by atoms with Gasteiger partial charge in [0.1, 0.15) is 5.65 Å². The fraction of sp³-hybridized carbons (Fsp3) is 0.556. The van der Waals surface area contributed by atoms with E-state index in [1.165, 1.54) is 25.1 Å². The van der Waals surface area contributed by atoms with Crippen LogP contribution in [-0.2, 0) is 0 Å². The predicted octanol–water partition coefficient (Wildman–Crippen LogP) is -0.537. The Morgan fingerprint density at radius 1 is 1.15 bits per heavy atom. The van der Waals surface area contributed by atoms with Crippen molar-refractivity contribution in [2.45, 2.75) is 18.9 Å². The second-order valence-electron chi connectivity index (χ2n) is 7.41. The minimum Gasteiger partial charge on any atom is -0.336 e. The number of piperidine rings is 1. The fourth-order valence-corrected chi connectivity index (χ4v) is 4.07. The van der Waals surface area contributed by atoms with E-state index in [2.05, 4.69) is 31.8 Å². The first-order valence-electron chi connectivity index (χ1n) is 9.35. The fourth-order valence-electron chi connectivity index (χ4n) is 4.07. The quantitative estimate of drug-likeness (QED) is 0.734. The van der Waals surface area contributed by atoms with Crippen molar-refractivity contribution in [3.63, 3.8) is 0 Å². The molecule has 0 saturated carbocycles. The number of carbonyl (C=O) groups excluding carboxylic acids is 1. The van der Waals surface area contributed by atoms with Gasteiger partial charge in [-0.1, -0.05) is 0 Å². The Bertz CT molecular complexity index is 959. The van der Waals surface area contributed by atoms with Gasteiger partial charge in [0.05, 0.1) is 10.9 Å². The number of likely N-dealkylation sites (tertiary alicyclic amines) is 1. The molecule has 2 aliphatic rings. The van der Waals surface area contributed by atoms with Crippen LogP contribution in [-0.4, -0.2) is 87.9 Å². The molecule has 0 aromatic carbocycles. The number of hydrogen-bond acceptors (Lipinski definition) is 6. The number of nitrogens with one attached hydrogen (secondary N) is 2. The van der Waals surface area contributed by atoms with Crippen LogP contribution in [0.25, 0.3) is 11.0 Å². The lowest BCUT2D eigenvalue weighted by atomic mass is 10.0. The summed E-state index contributed by atoms with van der Waals surface area (Å²) in [7, 11) is 2.16. The summed E-state index contributed by atoms with van der Waals surface area (Å²) in [6.45, 7) is 5.30. The molecule has 2 aromatic heterocycles. The molecule has 4 heterocycles. The molecule has 144 valence electrons. The zero-order valence-corrected chi connectivity index (χ0v) is 15.4. The molecule has 1 atom stereocenters. The van der Waals surface area contributed by atoms with Crippen molar-refractivity contribution in [2.75, 3.05) is 46.3 Å². The third-order valence-corrected chi connectivity index (χ3v) is 5.56. The predicted molar refractivity (Wildman–Crippen MR) is 101 cm³/mol. The van der Waals surface area contributed by atoms with E-state index in [0.717, 1.165) is 26.2 Å². The lowest BCUT2D eigenvalue weighted by molar-refractivity contribution is 0.0452. The smallest absolute Gasteiger partial charge is 0.327 e. The molecule has 1 amide bonds. The molecule has 0 bridgehead atoms. The summed E-state index contributed by atoms with van der Waals surface area (Å²) in [5.74, 6) is -0.129. The van der Waals surface area contributed by atoms with Crippen molar-refractivity contribution in [2.24, 2.45) is 0 Å². The average molecular weight is 372 g/mol. The first-order chi connectivity index (χ1) is 13.0. The first-order valence-corrected chi connectivity index (χ1v) is 9.35. The highest BCUT2D eigenvalue weighted by Crippen LogP contribution is 2.18. The van der Waals surface area contributed by atoms with Gasteiger partial charge in [-0.3, -0.25) is 24.5 Å². The van der Waals surface area contributed by atoms with E-state index < -0.39 is 11.2 Å². The summed E-state index contributed by atoms with van der Waals surface area (Å²) in [6.07, 6.45) is 3.86. The van der Waals surface area contributed by atoms with Crippen LogP contribution in [0.2, 0.25) is 0 Å². The molecule has 0 aliphatic carbocycles. The molecular formula is C18H24N6O3. The standard InChI is InChI=1S/C18H24N6O3/c1-22-4-2-3-13(11-22)23-5-7-24(8-6-23)17(26)12-9-14-15(19-10-12)20-18(27)21-16(14)25/h9-10,13H,2-8,11H2,1H3,(H2,19,20,21,25,27). The number of H-pyrrole nitrogens is 2. The zero-order valence-electron chi connectivity index (χ0n) is 15.4. The highest BCUT2D eigenvalue weighted by Gasteiger charge is 2.29. The van der Waals surface area contributed by atoms with E-state index in [1.54, 1.807) is 0 Å². The number of aromatic nitrogens is 3. The normalized spacial score (nSPS) is 22.3. The van der Waals surface area contributed by atoms with E-state index in [-0.39, 0.29) is 16.9 Å². The van der Waals surface area contributed by atoms with Crippen molar-refractivity contribution in [1.82, 2.24) is 29.7 Å². The second-order valence-corrected chi connectivity index (χ2v) is 7.41. The first kappa shape index (κ1) is 17.9. The third-order valence-electron chi connectivity index (χ3n) is 5.56. The minimum atomic E-state index is -0.608. The van der Waals surface area contributed by atoms with Crippen molar-refractivity contribution in [3.05, 3.63) is 38.7 Å². The molecule has 2 aromatic rings. The van der Waals surface area contributed by atoms with Crippen LogP contribution in [0.3, 0.4) is 0 Å². The molecular weight excluding hydrogens is 348 g/mol. The summed E-state index contributed by atoms with van der Waals surface area (Å²) < 4.78 is 0. The van der Waals surface area contributed by atoms with Gasteiger partial charge in [0.25, 0.3) is 11.5 Å². The van der Waals surface area contributed by atoms with Crippen molar-refractivity contribution in [1.29, 1.82) is 0 Å². The summed E-state index contributed by atoms with van der Waals surface area (Å²) in [4.78, 5) is 51.5. The topological polar surface area (TPSA) is 105 Å². The maximum Gasteiger partial charge on any atom is 0.327 e. The van der Waals surface area contributed by atoms with E-state index in [9.17, 15) is 14.4 Å². The van der Waals surface area contributed by atoms with Crippen LogP contribution in [0.5, 0.6) is 0 Å². The molecule has 2 N–H and O–H groups in total. The van der Waals surface area contributed by atoms with Gasteiger partial charge in [0.15, 0.2) is 0 Å². The van der Waals surface area contributed by atoms with Crippen LogP contribution in [0, 0.1) is 0 Å². The molecule has 2 saturated heterocycles. The monoisotopic (exact) mass is 372 g/mol. The maximum absolute atomic E-state index is 12.8. The number of fused-ring (bicyclic) bond motifs is 1. The van der Waals surface area contributed by atoms with Crippen molar-refractivity contribution < 1.29 is 4.79 Å². The zero-order chi connectivity index (χ0) is 19.0. The number of carbonyl (C=O) groups is 1. The molecule has 27 heavy (non-hydrogen) atoms. The molecule has 2 aliphatic heterocycles. The highest BCUT2D eigenvalue weighted by atomic mass is 16.2. The lowest BCUT2D eigenvalue weighted by Gasteiger charge is -2.42. The number of piperazine rings is 1. The summed E-state index contributed by atoms with van der Waals surface area (Å²) in [5, 5.41) is 0.212. The van der Waals surface area contributed by atoms with Gasteiger partial charge in [0, 0.05) is 45.0 Å². The highest BCUT2D eigenvalue weighted by molar-refractivity contribution is 5.96. The summed E-state index contributed by atoms with van der Waals surface area (Å²) in [6, 6.07) is 2.07. The third kappa shape index (κ3) is 3.65. The van der Waals surface area contributed by atoms with Crippen LogP contribution in [0.15, 0.2) is 21.9 Å². The van der Waals surface area contributed by atoms with Gasteiger partial charge in [-0.2, -0.15) is 0 Å². The Labute approximate surface area is 156 Å². The molecule has 1 unspecified atom stereocenters. The van der Waals surface area contributed by atoms with E-state index >= 15 is 0 Å². The van der Waals surface area contributed by atoms with E-state index in [0.29, 0.717) is 24.7 Å². The molecule has 0 radical (unpaired) electrons. The van der Waals surface area contributed by atoms with Gasteiger partial charge in [0.2, 0.25) is 0 Å². The number of likely N-dealkylation sites (N-methyl/N-ethyl adjacent to an activating group) is 1. The van der Waals surface area contributed by atoms with Crippen LogP contribution in [0.1, 0.15) is 23.2 Å². The van der Waals surface area contributed by atoms with Crippen LogP contribution in [0.4, 0.5) is 0 Å². The Morgan fingerprint density at radius 3 is 2.67 bits per heavy atom. The van der Waals surface area contributed by atoms with Crippen molar-refractivity contribution >= 4 is 16.9 Å². The van der Waals surface area contributed by atoms with Crippen LogP contribution >= 0.6 is 0 Å². The lowest BCUT2D eigenvalue weighted by Crippen LogP contribution is -2.55. The Balaban J connectivity index is 1.45. The molecule has 0 spiro atoms. The van der Waals surface area contributed by atoms with Gasteiger partial charge < -0.3 is 9.80 Å².